The van der Waals surface area contributed by atoms with E-state index in [0.29, 0.717) is 48.8 Å². The summed E-state index contributed by atoms with van der Waals surface area (Å²) in [6.45, 7) is 2.72. The van der Waals surface area contributed by atoms with Gasteiger partial charge in [-0.15, -0.1) is 10.2 Å². The second-order valence-corrected chi connectivity index (χ2v) is 13.2. The van der Waals surface area contributed by atoms with Crippen LogP contribution in [0.3, 0.4) is 0 Å². The van der Waals surface area contributed by atoms with E-state index in [0.717, 1.165) is 17.0 Å². The number of ether oxygens (including phenoxy) is 2. The van der Waals surface area contributed by atoms with Crippen molar-refractivity contribution in [2.75, 3.05) is 68.5 Å². The van der Waals surface area contributed by atoms with Gasteiger partial charge in [-0.2, -0.15) is 0 Å². The largest absolute Gasteiger partial charge is 0.507 e. The number of nitrogens with zero attached hydrogens (tertiary/aromatic N) is 5. The number of nitrogens with two attached hydrogens (primary N) is 1. The summed E-state index contributed by atoms with van der Waals surface area (Å²) in [5.41, 5.74) is 8.45. The van der Waals surface area contributed by atoms with Crippen LogP contribution in [0, 0.1) is 11.6 Å². The summed E-state index contributed by atoms with van der Waals surface area (Å²) < 4.78 is 41.4. The van der Waals surface area contributed by atoms with Crippen molar-refractivity contribution in [1.82, 2.24) is 25.3 Å². The first-order valence-corrected chi connectivity index (χ1v) is 17.7. The van der Waals surface area contributed by atoms with Gasteiger partial charge in [-0.25, -0.2) is 8.78 Å². The van der Waals surface area contributed by atoms with Gasteiger partial charge in [0.25, 0.3) is 11.8 Å². The second-order valence-electron chi connectivity index (χ2n) is 13.2. The van der Waals surface area contributed by atoms with Crippen LogP contribution in [0.25, 0.3) is 11.3 Å². The molecule has 4 aromatic rings. The predicted octanol–water partition coefficient (Wildman–Crippen LogP) is 2.94. The molecule has 3 aliphatic rings. The lowest BCUT2D eigenvalue weighted by Gasteiger charge is -2.36. The topological polar surface area (TPSA) is 193 Å². The molecule has 0 aliphatic carbocycles. The molecule has 4 heterocycles. The lowest BCUT2D eigenvalue weighted by molar-refractivity contribution is -0.136. The summed E-state index contributed by atoms with van der Waals surface area (Å²) in [6.07, 6.45) is 0.0869. The van der Waals surface area contributed by atoms with Crippen LogP contribution in [0.15, 0.2) is 60.7 Å². The van der Waals surface area contributed by atoms with Crippen molar-refractivity contribution in [1.29, 1.82) is 0 Å². The third-order valence-corrected chi connectivity index (χ3v) is 9.72. The molecule has 2 fully saturated rings. The molecule has 3 aromatic carbocycles. The molecule has 0 bridgehead atoms. The van der Waals surface area contributed by atoms with Crippen LogP contribution in [0.1, 0.15) is 39.1 Å². The van der Waals surface area contributed by atoms with Gasteiger partial charge in [0.15, 0.2) is 5.82 Å². The number of nitrogen functional groups attached to an aromatic ring is 1. The summed E-state index contributed by atoms with van der Waals surface area (Å²) in [6, 6.07) is 14.6. The molecule has 3 aliphatic heterocycles. The second kappa shape index (κ2) is 16.0. The van der Waals surface area contributed by atoms with Gasteiger partial charge in [-0.3, -0.25) is 34.3 Å². The number of anilines is 3. The molecule has 0 radical (unpaired) electrons. The van der Waals surface area contributed by atoms with E-state index in [1.807, 2.05) is 9.80 Å². The van der Waals surface area contributed by atoms with Gasteiger partial charge in [0, 0.05) is 74.6 Å². The number of aromatic nitrogens is 2. The molecule has 1 aromatic heterocycles. The third-order valence-electron chi connectivity index (χ3n) is 9.72. The molecule has 7 rings (SSSR count). The van der Waals surface area contributed by atoms with Crippen molar-refractivity contribution in [2.45, 2.75) is 25.4 Å². The number of phenolic OH excluding ortho intramolecular Hbond substituents is 1. The Labute approximate surface area is 314 Å². The SMILES string of the molecule is Nc1nnc(-c2ccccc2O)cc1N1CCN(Cc2c(F)cc(OCCOCCNc3cccc4c3C(=O)N(C3CCC(=O)NC3=O)C4=O)cc2F)CC1. The molecular formula is C38H38F2N8O7. The zero-order valence-corrected chi connectivity index (χ0v) is 29.6. The Bertz CT molecular complexity index is 2120. The number of amides is 4. The van der Waals surface area contributed by atoms with Crippen LogP contribution in [0.4, 0.5) is 26.0 Å². The first kappa shape index (κ1) is 37.1. The zero-order chi connectivity index (χ0) is 38.6. The fraction of sp³-hybridized carbons (Fsp3) is 0.316. The van der Waals surface area contributed by atoms with Gasteiger partial charge in [0.05, 0.1) is 35.7 Å². The van der Waals surface area contributed by atoms with Gasteiger partial charge < -0.3 is 30.5 Å². The van der Waals surface area contributed by atoms with E-state index in [-0.39, 0.29) is 79.8 Å². The molecule has 0 saturated carbocycles. The number of fused-ring (bicyclic) bond motifs is 1. The predicted molar refractivity (Wildman–Crippen MR) is 195 cm³/mol. The number of para-hydroxylation sites is 1. The molecule has 5 N–H and O–H groups in total. The van der Waals surface area contributed by atoms with Crippen molar-refractivity contribution in [3.05, 3.63) is 89.0 Å². The fourth-order valence-corrected chi connectivity index (χ4v) is 6.89. The molecule has 55 heavy (non-hydrogen) atoms. The van der Waals surface area contributed by atoms with Crippen molar-refractivity contribution >= 4 is 40.8 Å². The average molecular weight is 757 g/mol. The maximum Gasteiger partial charge on any atom is 0.264 e. The molecule has 1 unspecified atom stereocenters. The van der Waals surface area contributed by atoms with Crippen molar-refractivity contribution < 1.29 is 42.5 Å². The number of imide groups is 2. The van der Waals surface area contributed by atoms with E-state index >= 15 is 8.78 Å². The highest BCUT2D eigenvalue weighted by Gasteiger charge is 2.45. The van der Waals surface area contributed by atoms with E-state index in [4.69, 9.17) is 15.2 Å². The van der Waals surface area contributed by atoms with Crippen LogP contribution in [0.2, 0.25) is 0 Å². The summed E-state index contributed by atoms with van der Waals surface area (Å²) >= 11 is 0. The Morgan fingerprint density at radius 1 is 0.891 bits per heavy atom. The van der Waals surface area contributed by atoms with E-state index in [1.54, 1.807) is 42.5 Å². The number of piperazine rings is 1. The summed E-state index contributed by atoms with van der Waals surface area (Å²) in [5.74, 6) is -3.46. The molecule has 4 amide bonds. The van der Waals surface area contributed by atoms with Gasteiger partial charge in [-0.05, 0) is 36.8 Å². The van der Waals surface area contributed by atoms with Crippen LogP contribution >= 0.6 is 0 Å². The summed E-state index contributed by atoms with van der Waals surface area (Å²) in [4.78, 5) is 55.1. The maximum atomic E-state index is 15.1. The van der Waals surface area contributed by atoms with Crippen LogP contribution in [-0.2, 0) is 20.9 Å². The smallest absolute Gasteiger partial charge is 0.264 e. The van der Waals surface area contributed by atoms with Crippen molar-refractivity contribution in [3.8, 4) is 22.8 Å². The highest BCUT2D eigenvalue weighted by molar-refractivity contribution is 6.25. The van der Waals surface area contributed by atoms with Crippen LogP contribution in [0.5, 0.6) is 11.5 Å². The minimum atomic E-state index is -1.06. The molecule has 1 atom stereocenters. The molecule has 0 spiro atoms. The molecule has 17 heteroatoms. The van der Waals surface area contributed by atoms with Gasteiger partial charge >= 0.3 is 0 Å². The Morgan fingerprint density at radius 2 is 1.64 bits per heavy atom. The quantitative estimate of drug-likeness (QED) is 0.115. The van der Waals surface area contributed by atoms with E-state index in [1.165, 1.54) is 6.07 Å². The minimum Gasteiger partial charge on any atom is -0.507 e. The van der Waals surface area contributed by atoms with Crippen molar-refractivity contribution in [2.24, 2.45) is 0 Å². The Kier molecular flexibility index (Phi) is 10.8. The lowest BCUT2D eigenvalue weighted by atomic mass is 10.0. The van der Waals surface area contributed by atoms with Gasteiger partial charge in [0.2, 0.25) is 11.8 Å². The van der Waals surface area contributed by atoms with E-state index in [2.05, 4.69) is 20.8 Å². The number of hydrogen-bond donors (Lipinski definition) is 4. The third kappa shape index (κ3) is 7.88. The molecule has 15 nitrogen and oxygen atoms in total. The Morgan fingerprint density at radius 3 is 2.38 bits per heavy atom. The molecule has 2 saturated heterocycles. The average Bonchev–Trinajstić information content (AvgIpc) is 3.42. The standard InChI is InChI=1S/C38H38F2N8O7/c39-26-18-22(19-27(40)25(26)21-46-11-13-47(14-12-46)31-20-29(44-45-35(31)41)23-4-1-2-7-32(23)49)55-17-16-54-15-10-42-28-6-3-5-24-34(28)38(53)48(37(24)52)30-8-9-33(50)43-36(30)51/h1-7,18-20,30,42,49H,8-17,21H2,(H2,41,45)(H,43,50,51). The molecular weight excluding hydrogens is 718 g/mol. The normalized spacial score (nSPS) is 17.4. The number of carbonyl (C=O) groups excluding carboxylic acids is 4. The number of aromatic hydroxyl groups is 1. The first-order chi connectivity index (χ1) is 26.6. The number of benzene rings is 3. The monoisotopic (exact) mass is 756 g/mol. The van der Waals surface area contributed by atoms with Crippen LogP contribution in [-0.4, -0.2) is 107 Å². The Balaban J connectivity index is 0.851. The Hall–Kier alpha value is -6.20. The number of carbonyl (C=O) groups is 4. The number of rotatable bonds is 13. The number of nitrogens with one attached hydrogen (secondary N) is 2. The maximum absolute atomic E-state index is 15.1. The summed E-state index contributed by atoms with van der Waals surface area (Å²) in [7, 11) is 0. The number of halogens is 2. The van der Waals surface area contributed by atoms with Gasteiger partial charge in [-0.1, -0.05) is 18.2 Å². The number of phenols is 1. The zero-order valence-electron chi connectivity index (χ0n) is 29.6. The molecule has 286 valence electrons. The summed E-state index contributed by atoms with van der Waals surface area (Å²) in [5, 5.41) is 23.7. The van der Waals surface area contributed by atoms with Gasteiger partial charge in [0.1, 0.15) is 35.8 Å². The number of hydrogen-bond acceptors (Lipinski definition) is 13. The highest BCUT2D eigenvalue weighted by atomic mass is 19.1. The highest BCUT2D eigenvalue weighted by Crippen LogP contribution is 2.34. The van der Waals surface area contributed by atoms with Crippen molar-refractivity contribution in [3.63, 3.8) is 0 Å². The van der Waals surface area contributed by atoms with E-state index < -0.39 is 41.3 Å². The number of piperidine rings is 1. The lowest BCUT2D eigenvalue weighted by Crippen LogP contribution is -2.54. The van der Waals surface area contributed by atoms with Crippen LogP contribution < -0.4 is 26.0 Å². The fourth-order valence-electron chi connectivity index (χ4n) is 6.89. The first-order valence-electron chi connectivity index (χ1n) is 17.7. The minimum absolute atomic E-state index is 0.0213. The van der Waals surface area contributed by atoms with E-state index in [9.17, 15) is 24.3 Å².